The number of methoxy groups -OCH3 is 1. The Kier molecular flexibility index (Phi) is 4.78. The van der Waals surface area contributed by atoms with Crippen molar-refractivity contribution >= 4 is 17.3 Å². The molecular weight excluding hydrogens is 218 g/mol. The van der Waals surface area contributed by atoms with Gasteiger partial charge in [-0.1, -0.05) is 0 Å². The van der Waals surface area contributed by atoms with Crippen molar-refractivity contribution in [3.8, 4) is 0 Å². The molecule has 1 atom stereocenters. The molecule has 5 nitrogen and oxygen atoms in total. The third kappa shape index (κ3) is 3.96. The number of nitrogen functional groups attached to an aromatic ring is 1. The van der Waals surface area contributed by atoms with Crippen molar-refractivity contribution in [1.29, 1.82) is 0 Å². The number of carbonyl (C=O) groups is 1. The van der Waals surface area contributed by atoms with Gasteiger partial charge >= 0.3 is 0 Å². The van der Waals surface area contributed by atoms with Gasteiger partial charge in [0.25, 0.3) is 0 Å². The molecule has 94 valence electrons. The molecule has 1 aromatic carbocycles. The molecule has 1 rings (SSSR count). The van der Waals surface area contributed by atoms with Crippen molar-refractivity contribution in [3.05, 3.63) is 23.8 Å². The Labute approximate surface area is 101 Å². The van der Waals surface area contributed by atoms with E-state index in [0.29, 0.717) is 17.9 Å². The van der Waals surface area contributed by atoms with Crippen LogP contribution in [0.25, 0.3) is 0 Å². The number of nitrogens with one attached hydrogen (secondary N) is 1. The molecule has 0 saturated carbocycles. The minimum atomic E-state index is -0.476. The van der Waals surface area contributed by atoms with Crippen LogP contribution < -0.4 is 16.8 Å². The Morgan fingerprint density at radius 2 is 2.24 bits per heavy atom. The van der Waals surface area contributed by atoms with Gasteiger partial charge in [-0.3, -0.25) is 4.79 Å². The number of carbonyl (C=O) groups excluding carboxylic acids is 1. The van der Waals surface area contributed by atoms with Gasteiger partial charge in [0, 0.05) is 25.3 Å². The van der Waals surface area contributed by atoms with Crippen LogP contribution in [-0.2, 0) is 4.74 Å². The molecule has 0 bridgehead atoms. The number of primary amides is 1. The Morgan fingerprint density at radius 1 is 1.53 bits per heavy atom. The highest BCUT2D eigenvalue weighted by Gasteiger charge is 2.07. The zero-order valence-electron chi connectivity index (χ0n) is 10.2. The monoisotopic (exact) mass is 237 g/mol. The number of nitrogens with two attached hydrogens (primary N) is 2. The minimum absolute atomic E-state index is 0.247. The highest BCUT2D eigenvalue weighted by Crippen LogP contribution is 2.21. The quantitative estimate of drug-likeness (QED) is 0.648. The predicted molar refractivity (Wildman–Crippen MR) is 69.0 cm³/mol. The van der Waals surface area contributed by atoms with Gasteiger partial charge in [0.15, 0.2) is 0 Å². The Bertz CT molecular complexity index is 393. The molecule has 0 aromatic heterocycles. The highest BCUT2D eigenvalue weighted by molar-refractivity contribution is 5.94. The maximum absolute atomic E-state index is 11.0. The molecule has 0 heterocycles. The molecule has 0 aliphatic heterocycles. The lowest BCUT2D eigenvalue weighted by Gasteiger charge is -2.16. The van der Waals surface area contributed by atoms with Crippen molar-refractivity contribution in [3.63, 3.8) is 0 Å². The van der Waals surface area contributed by atoms with Gasteiger partial charge in [-0.25, -0.2) is 0 Å². The van der Waals surface area contributed by atoms with Gasteiger partial charge in [0.05, 0.1) is 11.4 Å². The van der Waals surface area contributed by atoms with Crippen LogP contribution in [0.2, 0.25) is 0 Å². The van der Waals surface area contributed by atoms with Crippen LogP contribution in [0.4, 0.5) is 11.4 Å². The fraction of sp³-hybridized carbons (Fsp3) is 0.417. The van der Waals surface area contributed by atoms with Gasteiger partial charge in [0.1, 0.15) is 0 Å². The molecule has 17 heavy (non-hydrogen) atoms. The lowest BCUT2D eigenvalue weighted by atomic mass is 10.1. The van der Waals surface area contributed by atoms with Crippen molar-refractivity contribution in [2.45, 2.75) is 19.4 Å². The molecule has 0 fully saturated rings. The van der Waals surface area contributed by atoms with Crippen LogP contribution in [0.15, 0.2) is 18.2 Å². The van der Waals surface area contributed by atoms with Crippen molar-refractivity contribution in [1.82, 2.24) is 0 Å². The molecule has 0 spiro atoms. The van der Waals surface area contributed by atoms with E-state index in [0.717, 1.165) is 12.1 Å². The summed E-state index contributed by atoms with van der Waals surface area (Å²) < 4.78 is 5.00. The lowest BCUT2D eigenvalue weighted by Crippen LogP contribution is -2.18. The van der Waals surface area contributed by atoms with E-state index in [2.05, 4.69) is 5.32 Å². The summed E-state index contributed by atoms with van der Waals surface area (Å²) in [4.78, 5) is 11.0. The molecule has 0 aliphatic carbocycles. The topological polar surface area (TPSA) is 90.4 Å². The second-order valence-electron chi connectivity index (χ2n) is 3.99. The standard InChI is InChI=1S/C12H19N3O2/c1-8(5-6-17-2)15-11-4-3-9(12(14)16)7-10(11)13/h3-4,7-8,15H,5-6,13H2,1-2H3,(H2,14,16). The van der Waals surface area contributed by atoms with E-state index in [1.54, 1.807) is 25.3 Å². The smallest absolute Gasteiger partial charge is 0.248 e. The minimum Gasteiger partial charge on any atom is -0.397 e. The molecule has 1 aromatic rings. The summed E-state index contributed by atoms with van der Waals surface area (Å²) in [6.45, 7) is 2.73. The maximum Gasteiger partial charge on any atom is 0.248 e. The number of benzene rings is 1. The normalized spacial score (nSPS) is 12.1. The summed E-state index contributed by atoms with van der Waals surface area (Å²) in [5.41, 5.74) is 12.7. The van der Waals surface area contributed by atoms with Gasteiger partial charge in [-0.2, -0.15) is 0 Å². The number of hydrogen-bond donors (Lipinski definition) is 3. The molecule has 0 saturated heterocycles. The average molecular weight is 237 g/mol. The fourth-order valence-corrected chi connectivity index (χ4v) is 1.48. The first kappa shape index (κ1) is 13.3. The zero-order valence-corrected chi connectivity index (χ0v) is 10.2. The number of amides is 1. The van der Waals surface area contributed by atoms with Gasteiger partial charge in [0.2, 0.25) is 5.91 Å². The SMILES string of the molecule is COCCC(C)Nc1ccc(C(N)=O)cc1N. The lowest BCUT2D eigenvalue weighted by molar-refractivity contribution is 0.100. The average Bonchev–Trinajstić information content (AvgIpc) is 2.28. The summed E-state index contributed by atoms with van der Waals surface area (Å²) in [6.07, 6.45) is 0.882. The van der Waals surface area contributed by atoms with Crippen LogP contribution >= 0.6 is 0 Å². The molecule has 0 radical (unpaired) electrons. The number of rotatable bonds is 6. The Balaban J connectivity index is 2.69. The van der Waals surface area contributed by atoms with Gasteiger partial charge in [-0.05, 0) is 31.5 Å². The van der Waals surface area contributed by atoms with E-state index >= 15 is 0 Å². The Hall–Kier alpha value is -1.75. The number of anilines is 2. The van der Waals surface area contributed by atoms with Crippen LogP contribution in [0.5, 0.6) is 0 Å². The van der Waals surface area contributed by atoms with E-state index in [1.807, 2.05) is 6.92 Å². The zero-order chi connectivity index (χ0) is 12.8. The summed E-state index contributed by atoms with van der Waals surface area (Å²) in [7, 11) is 1.67. The molecule has 1 unspecified atom stereocenters. The third-order valence-electron chi connectivity index (χ3n) is 2.49. The first-order valence-electron chi connectivity index (χ1n) is 5.49. The summed E-state index contributed by atoms with van der Waals surface area (Å²) in [5, 5.41) is 3.25. The van der Waals surface area contributed by atoms with Gasteiger partial charge < -0.3 is 21.5 Å². The van der Waals surface area contributed by atoms with Crippen molar-refractivity contribution < 1.29 is 9.53 Å². The highest BCUT2D eigenvalue weighted by atomic mass is 16.5. The van der Waals surface area contributed by atoms with Crippen molar-refractivity contribution in [2.75, 3.05) is 24.8 Å². The first-order chi connectivity index (χ1) is 8.04. The maximum atomic E-state index is 11.0. The molecular formula is C12H19N3O2. The second kappa shape index (κ2) is 6.10. The largest absolute Gasteiger partial charge is 0.397 e. The second-order valence-corrected chi connectivity index (χ2v) is 3.99. The Morgan fingerprint density at radius 3 is 2.76 bits per heavy atom. The summed E-state index contributed by atoms with van der Waals surface area (Å²) in [6, 6.07) is 5.24. The van der Waals surface area contributed by atoms with E-state index in [-0.39, 0.29) is 6.04 Å². The van der Waals surface area contributed by atoms with E-state index in [9.17, 15) is 4.79 Å². The van der Waals surface area contributed by atoms with Crippen LogP contribution in [0.3, 0.4) is 0 Å². The summed E-state index contributed by atoms with van der Waals surface area (Å²) >= 11 is 0. The molecule has 5 N–H and O–H groups in total. The van der Waals surface area contributed by atoms with Crippen LogP contribution in [-0.4, -0.2) is 25.7 Å². The van der Waals surface area contributed by atoms with E-state index in [1.165, 1.54) is 0 Å². The molecule has 0 aliphatic rings. The number of ether oxygens (including phenoxy) is 1. The molecule has 1 amide bonds. The van der Waals surface area contributed by atoms with Crippen LogP contribution in [0.1, 0.15) is 23.7 Å². The van der Waals surface area contributed by atoms with Gasteiger partial charge in [-0.15, -0.1) is 0 Å². The third-order valence-corrected chi connectivity index (χ3v) is 2.49. The fourth-order valence-electron chi connectivity index (χ4n) is 1.48. The van der Waals surface area contributed by atoms with E-state index < -0.39 is 5.91 Å². The van der Waals surface area contributed by atoms with Crippen LogP contribution in [0, 0.1) is 0 Å². The predicted octanol–water partition coefficient (Wildman–Crippen LogP) is 1.20. The van der Waals surface area contributed by atoms with Crippen molar-refractivity contribution in [2.24, 2.45) is 5.73 Å². The first-order valence-corrected chi connectivity index (χ1v) is 5.49. The number of hydrogen-bond acceptors (Lipinski definition) is 4. The molecule has 5 heteroatoms. The summed E-state index contributed by atoms with van der Waals surface area (Å²) in [5.74, 6) is -0.476. The van der Waals surface area contributed by atoms with E-state index in [4.69, 9.17) is 16.2 Å².